The molecular weight excluding hydrogens is 256 g/mol. The Hall–Kier alpha value is -1.88. The monoisotopic (exact) mass is 276 g/mol. The van der Waals surface area contributed by atoms with Crippen molar-refractivity contribution in [1.29, 1.82) is 0 Å². The minimum Gasteiger partial charge on any atom is -0.481 e. The molecule has 0 aromatic heterocycles. The predicted octanol–water partition coefficient (Wildman–Crippen LogP) is 1.07. The van der Waals surface area contributed by atoms with E-state index in [1.165, 1.54) is 0 Å². The average Bonchev–Trinajstić information content (AvgIpc) is 3.20. The number of carboxylic acid groups (broad SMARTS) is 1. The molecule has 0 atom stereocenters. The number of amides is 1. The van der Waals surface area contributed by atoms with E-state index in [0.29, 0.717) is 25.6 Å². The van der Waals surface area contributed by atoms with Gasteiger partial charge in [-0.1, -0.05) is 24.3 Å². The molecule has 1 aliphatic rings. The van der Waals surface area contributed by atoms with Crippen LogP contribution < -0.4 is 10.6 Å². The van der Waals surface area contributed by atoms with Crippen LogP contribution in [0.4, 0.5) is 0 Å². The second-order valence-electron chi connectivity index (χ2n) is 5.16. The quantitative estimate of drug-likeness (QED) is 0.621. The lowest BCUT2D eigenvalue weighted by Gasteiger charge is -2.06. The van der Waals surface area contributed by atoms with E-state index in [0.717, 1.165) is 24.0 Å². The van der Waals surface area contributed by atoms with Gasteiger partial charge in [-0.2, -0.15) is 0 Å². The first-order chi connectivity index (χ1) is 9.63. The molecule has 1 saturated carbocycles. The first kappa shape index (κ1) is 14.5. The lowest BCUT2D eigenvalue weighted by molar-refractivity contribution is -0.136. The van der Waals surface area contributed by atoms with Gasteiger partial charge < -0.3 is 15.7 Å². The lowest BCUT2D eigenvalue weighted by atomic mass is 10.1. The molecule has 0 radical (unpaired) electrons. The predicted molar refractivity (Wildman–Crippen MR) is 75.3 cm³/mol. The van der Waals surface area contributed by atoms with Gasteiger partial charge in [0.05, 0.1) is 6.42 Å². The third kappa shape index (κ3) is 5.40. The molecule has 1 amide bonds. The minimum absolute atomic E-state index is 0.0506. The van der Waals surface area contributed by atoms with Crippen LogP contribution in [0.5, 0.6) is 0 Å². The third-order valence-electron chi connectivity index (χ3n) is 3.18. The molecule has 0 aliphatic heterocycles. The fraction of sp³-hybridized carbons (Fsp3) is 0.467. The Morgan fingerprint density at radius 3 is 2.40 bits per heavy atom. The Bertz CT molecular complexity index is 467. The van der Waals surface area contributed by atoms with Crippen LogP contribution in [0.3, 0.4) is 0 Å². The Labute approximate surface area is 118 Å². The van der Waals surface area contributed by atoms with E-state index in [4.69, 9.17) is 5.11 Å². The second kappa shape index (κ2) is 7.05. The van der Waals surface area contributed by atoms with Crippen LogP contribution >= 0.6 is 0 Å². The molecule has 5 nitrogen and oxygen atoms in total. The number of benzene rings is 1. The average molecular weight is 276 g/mol. The van der Waals surface area contributed by atoms with Gasteiger partial charge in [0.15, 0.2) is 0 Å². The van der Waals surface area contributed by atoms with Crippen LogP contribution in [0.1, 0.15) is 30.4 Å². The van der Waals surface area contributed by atoms with Crippen LogP contribution in [0.25, 0.3) is 0 Å². The van der Waals surface area contributed by atoms with Crippen molar-refractivity contribution in [2.45, 2.75) is 38.3 Å². The largest absolute Gasteiger partial charge is 0.481 e. The van der Waals surface area contributed by atoms with Crippen LogP contribution in [-0.4, -0.2) is 29.6 Å². The minimum atomic E-state index is -0.822. The Morgan fingerprint density at radius 2 is 1.80 bits per heavy atom. The summed E-state index contributed by atoms with van der Waals surface area (Å²) in [5.41, 5.74) is 1.88. The van der Waals surface area contributed by atoms with Gasteiger partial charge in [0.1, 0.15) is 0 Å². The maximum atomic E-state index is 11.4. The summed E-state index contributed by atoms with van der Waals surface area (Å²) in [6.07, 6.45) is 2.77. The second-order valence-corrected chi connectivity index (χ2v) is 5.16. The van der Waals surface area contributed by atoms with E-state index in [1.54, 1.807) is 0 Å². The van der Waals surface area contributed by atoms with Gasteiger partial charge in [-0.3, -0.25) is 9.59 Å². The molecule has 1 aliphatic carbocycles. The smallest absolute Gasteiger partial charge is 0.307 e. The van der Waals surface area contributed by atoms with Crippen LogP contribution in [0, 0.1) is 0 Å². The molecule has 1 fully saturated rings. The van der Waals surface area contributed by atoms with Crippen molar-refractivity contribution in [2.24, 2.45) is 0 Å². The van der Waals surface area contributed by atoms with Crippen molar-refractivity contribution >= 4 is 11.9 Å². The number of hydrogen-bond acceptors (Lipinski definition) is 3. The number of rotatable bonds is 8. The summed E-state index contributed by atoms with van der Waals surface area (Å²) < 4.78 is 0. The summed E-state index contributed by atoms with van der Waals surface area (Å²) in [5, 5.41) is 14.8. The van der Waals surface area contributed by atoms with Gasteiger partial charge in [0.2, 0.25) is 5.91 Å². The van der Waals surface area contributed by atoms with E-state index >= 15 is 0 Å². The highest BCUT2D eigenvalue weighted by molar-refractivity contribution is 5.76. The Kier molecular flexibility index (Phi) is 5.12. The molecule has 0 spiro atoms. The third-order valence-corrected chi connectivity index (χ3v) is 3.18. The summed E-state index contributed by atoms with van der Waals surface area (Å²) >= 11 is 0. The molecule has 0 unspecified atom stereocenters. The number of carbonyl (C=O) groups is 2. The Balaban J connectivity index is 1.63. The number of hydrogen-bond donors (Lipinski definition) is 3. The van der Waals surface area contributed by atoms with Gasteiger partial charge in [-0.25, -0.2) is 0 Å². The zero-order valence-electron chi connectivity index (χ0n) is 11.4. The van der Waals surface area contributed by atoms with Gasteiger partial charge in [0, 0.05) is 25.6 Å². The SMILES string of the molecule is O=C(O)Cc1ccc(CNCCC(=O)NC2CC2)cc1. The van der Waals surface area contributed by atoms with Crippen molar-refractivity contribution in [2.75, 3.05) is 6.54 Å². The van der Waals surface area contributed by atoms with Crippen molar-refractivity contribution in [3.05, 3.63) is 35.4 Å². The number of carboxylic acids is 1. The molecule has 1 aromatic rings. The van der Waals surface area contributed by atoms with Gasteiger partial charge in [0.25, 0.3) is 0 Å². The molecule has 5 heteroatoms. The van der Waals surface area contributed by atoms with Crippen molar-refractivity contribution in [3.63, 3.8) is 0 Å². The molecule has 1 aromatic carbocycles. The van der Waals surface area contributed by atoms with Crippen LogP contribution in [0.2, 0.25) is 0 Å². The van der Waals surface area contributed by atoms with E-state index in [9.17, 15) is 9.59 Å². The summed E-state index contributed by atoms with van der Waals surface area (Å²) in [4.78, 5) is 22.0. The highest BCUT2D eigenvalue weighted by Crippen LogP contribution is 2.18. The fourth-order valence-electron chi connectivity index (χ4n) is 1.91. The van der Waals surface area contributed by atoms with E-state index < -0.39 is 5.97 Å². The van der Waals surface area contributed by atoms with Gasteiger partial charge in [-0.15, -0.1) is 0 Å². The maximum Gasteiger partial charge on any atom is 0.307 e. The zero-order valence-corrected chi connectivity index (χ0v) is 11.4. The van der Waals surface area contributed by atoms with Crippen LogP contribution in [0.15, 0.2) is 24.3 Å². The highest BCUT2D eigenvalue weighted by Gasteiger charge is 2.22. The van der Waals surface area contributed by atoms with Gasteiger partial charge >= 0.3 is 5.97 Å². The topological polar surface area (TPSA) is 78.4 Å². The van der Waals surface area contributed by atoms with E-state index in [-0.39, 0.29) is 12.3 Å². The molecule has 0 heterocycles. The maximum absolute atomic E-state index is 11.4. The molecule has 20 heavy (non-hydrogen) atoms. The molecule has 0 saturated heterocycles. The van der Waals surface area contributed by atoms with Gasteiger partial charge in [-0.05, 0) is 24.0 Å². The number of nitrogens with one attached hydrogen (secondary N) is 2. The van der Waals surface area contributed by atoms with Crippen molar-refractivity contribution in [1.82, 2.24) is 10.6 Å². The molecule has 108 valence electrons. The number of carbonyl (C=O) groups excluding carboxylic acids is 1. The van der Waals surface area contributed by atoms with Crippen LogP contribution in [-0.2, 0) is 22.6 Å². The van der Waals surface area contributed by atoms with E-state index in [1.807, 2.05) is 24.3 Å². The standard InChI is InChI=1S/C15H20N2O3/c18-14(17-13-5-6-13)7-8-16-10-12-3-1-11(2-4-12)9-15(19)20/h1-4,13,16H,5-10H2,(H,17,18)(H,19,20). The zero-order chi connectivity index (χ0) is 14.4. The van der Waals surface area contributed by atoms with Crippen molar-refractivity contribution < 1.29 is 14.7 Å². The summed E-state index contributed by atoms with van der Waals surface area (Å²) in [7, 11) is 0. The molecular formula is C15H20N2O3. The summed E-state index contributed by atoms with van der Waals surface area (Å²) in [6.45, 7) is 1.33. The normalized spacial score (nSPS) is 14.0. The summed E-state index contributed by atoms with van der Waals surface area (Å²) in [6, 6.07) is 7.89. The first-order valence-corrected chi connectivity index (χ1v) is 6.93. The molecule has 0 bridgehead atoms. The highest BCUT2D eigenvalue weighted by atomic mass is 16.4. The molecule has 2 rings (SSSR count). The van der Waals surface area contributed by atoms with E-state index in [2.05, 4.69) is 10.6 Å². The summed E-state index contributed by atoms with van der Waals surface area (Å²) in [5.74, 6) is -0.714. The van der Waals surface area contributed by atoms with Crippen molar-refractivity contribution in [3.8, 4) is 0 Å². The molecule has 3 N–H and O–H groups in total. The lowest BCUT2D eigenvalue weighted by Crippen LogP contribution is -2.28. The first-order valence-electron chi connectivity index (χ1n) is 6.93. The Morgan fingerprint density at radius 1 is 1.15 bits per heavy atom. The number of aliphatic carboxylic acids is 1. The fourth-order valence-corrected chi connectivity index (χ4v) is 1.91.